The second kappa shape index (κ2) is 8.46. The number of halogens is 1. The van der Waals surface area contributed by atoms with Crippen LogP contribution in [0.1, 0.15) is 56.1 Å². The third-order valence-electron chi connectivity index (χ3n) is 3.19. The summed E-state index contributed by atoms with van der Waals surface area (Å²) in [5.41, 5.74) is 0.153. The fraction of sp³-hybridized carbons (Fsp3) is 0.529. The lowest BCUT2D eigenvalue weighted by molar-refractivity contribution is 0.0123. The molecule has 2 atom stereocenters. The largest absolute Gasteiger partial charge is 0.444 e. The van der Waals surface area contributed by atoms with Gasteiger partial charge in [-0.25, -0.2) is 4.79 Å². The predicted octanol–water partition coefficient (Wildman–Crippen LogP) is 2.85. The number of hydrogen-bond donors (Lipinski definition) is 3. The molecule has 0 fully saturated rings. The molecule has 0 aromatic heterocycles. The molecule has 134 valence electrons. The highest BCUT2D eigenvalue weighted by molar-refractivity contribution is 6.33. The van der Waals surface area contributed by atoms with Gasteiger partial charge in [0.1, 0.15) is 11.7 Å². The van der Waals surface area contributed by atoms with Gasteiger partial charge in [0.25, 0.3) is 0 Å². The Labute approximate surface area is 146 Å². The van der Waals surface area contributed by atoms with Gasteiger partial charge in [-0.05, 0) is 51.8 Å². The van der Waals surface area contributed by atoms with Crippen LogP contribution in [0.4, 0.5) is 4.79 Å². The molecule has 3 N–H and O–H groups in total. The number of aliphatic hydroxyl groups excluding tert-OH is 2. The summed E-state index contributed by atoms with van der Waals surface area (Å²) in [6.45, 7) is 6.79. The van der Waals surface area contributed by atoms with Gasteiger partial charge in [0.2, 0.25) is 0 Å². The first kappa shape index (κ1) is 20.4. The molecule has 6 nitrogen and oxygen atoms in total. The molecule has 1 rings (SSSR count). The molecule has 0 aliphatic heterocycles. The van der Waals surface area contributed by atoms with Crippen LogP contribution in [0.2, 0.25) is 5.02 Å². The van der Waals surface area contributed by atoms with Gasteiger partial charge >= 0.3 is 6.09 Å². The number of aliphatic hydroxyl groups is 2. The number of ether oxygens (including phenoxy) is 1. The van der Waals surface area contributed by atoms with E-state index in [-0.39, 0.29) is 23.8 Å². The number of carbonyl (C=O) groups excluding carboxylic acids is 2. The zero-order chi connectivity index (χ0) is 18.5. The third kappa shape index (κ3) is 6.47. The van der Waals surface area contributed by atoms with Crippen molar-refractivity contribution in [2.45, 2.75) is 51.9 Å². The summed E-state index contributed by atoms with van der Waals surface area (Å²) in [4.78, 5) is 22.8. The number of benzene rings is 1. The van der Waals surface area contributed by atoms with Crippen molar-refractivity contribution in [1.29, 1.82) is 0 Å². The fourth-order valence-electron chi connectivity index (χ4n) is 2.02. The van der Waals surface area contributed by atoms with E-state index in [0.717, 1.165) is 0 Å². The number of rotatable bonds is 6. The summed E-state index contributed by atoms with van der Waals surface area (Å²) in [7, 11) is 0. The van der Waals surface area contributed by atoms with E-state index in [9.17, 15) is 19.8 Å². The zero-order valence-corrected chi connectivity index (χ0v) is 15.1. The maximum absolute atomic E-state index is 11.5. The Bertz CT molecular complexity index is 597. The van der Waals surface area contributed by atoms with Crippen molar-refractivity contribution < 1.29 is 24.5 Å². The number of Topliss-reactive ketones (excluding diaryl/α,β-unsaturated/α-hetero) is 1. The molecule has 1 aromatic rings. The zero-order valence-electron chi connectivity index (χ0n) is 14.3. The second-order valence-electron chi connectivity index (χ2n) is 6.52. The van der Waals surface area contributed by atoms with Crippen LogP contribution in [0.5, 0.6) is 0 Å². The second-order valence-corrected chi connectivity index (χ2v) is 6.93. The molecule has 7 heteroatoms. The topological polar surface area (TPSA) is 95.9 Å². The van der Waals surface area contributed by atoms with Crippen molar-refractivity contribution in [3.8, 4) is 0 Å². The number of amides is 1. The van der Waals surface area contributed by atoms with Gasteiger partial charge in [0, 0.05) is 12.1 Å². The molecule has 1 amide bonds. The Hall–Kier alpha value is -1.63. The van der Waals surface area contributed by atoms with Crippen LogP contribution in [-0.2, 0) is 4.74 Å². The summed E-state index contributed by atoms with van der Waals surface area (Å²) < 4.78 is 5.07. The molecule has 1 aromatic carbocycles. The lowest BCUT2D eigenvalue weighted by Crippen LogP contribution is -2.34. The van der Waals surface area contributed by atoms with Crippen LogP contribution >= 0.6 is 11.6 Å². The van der Waals surface area contributed by atoms with Crippen molar-refractivity contribution >= 4 is 23.5 Å². The highest BCUT2D eigenvalue weighted by Gasteiger charge is 2.21. The fourth-order valence-corrected chi connectivity index (χ4v) is 2.34. The molecule has 0 spiro atoms. The van der Waals surface area contributed by atoms with E-state index in [4.69, 9.17) is 16.3 Å². The molecular formula is C17H24ClNO5. The molecule has 24 heavy (non-hydrogen) atoms. The number of carbonyl (C=O) groups is 2. The summed E-state index contributed by atoms with van der Waals surface area (Å²) >= 11 is 5.99. The number of hydrogen-bond acceptors (Lipinski definition) is 5. The Morgan fingerprint density at radius 2 is 1.92 bits per heavy atom. The summed E-state index contributed by atoms with van der Waals surface area (Å²) in [5.74, 6) is -0.178. The van der Waals surface area contributed by atoms with Gasteiger partial charge in [-0.1, -0.05) is 17.7 Å². The van der Waals surface area contributed by atoms with E-state index in [2.05, 4.69) is 5.32 Å². The lowest BCUT2D eigenvalue weighted by Gasteiger charge is -2.21. The average molecular weight is 358 g/mol. The van der Waals surface area contributed by atoms with E-state index in [1.807, 2.05) is 0 Å². The molecule has 2 unspecified atom stereocenters. The molecular weight excluding hydrogens is 334 g/mol. The van der Waals surface area contributed by atoms with Crippen molar-refractivity contribution in [2.24, 2.45) is 0 Å². The first-order chi connectivity index (χ1) is 11.0. The minimum atomic E-state index is -1.18. The molecule has 0 saturated carbocycles. The van der Waals surface area contributed by atoms with Crippen LogP contribution in [0, 0.1) is 0 Å². The first-order valence-corrected chi connectivity index (χ1v) is 8.02. The van der Waals surface area contributed by atoms with Crippen LogP contribution in [0.25, 0.3) is 0 Å². The summed E-state index contributed by atoms with van der Waals surface area (Å²) in [5, 5.41) is 22.9. The van der Waals surface area contributed by atoms with E-state index in [0.29, 0.717) is 11.1 Å². The minimum absolute atomic E-state index is 0.131. The monoisotopic (exact) mass is 357 g/mol. The quantitative estimate of drug-likeness (QED) is 0.680. The summed E-state index contributed by atoms with van der Waals surface area (Å²) in [6.07, 6.45) is -2.73. The van der Waals surface area contributed by atoms with Crippen molar-refractivity contribution in [3.63, 3.8) is 0 Å². The van der Waals surface area contributed by atoms with Crippen LogP contribution < -0.4 is 5.32 Å². The molecule has 0 saturated heterocycles. The smallest absolute Gasteiger partial charge is 0.407 e. The molecule has 0 aliphatic rings. The van der Waals surface area contributed by atoms with Gasteiger partial charge in [0.15, 0.2) is 5.78 Å². The van der Waals surface area contributed by atoms with Gasteiger partial charge in [0.05, 0.1) is 11.1 Å². The van der Waals surface area contributed by atoms with E-state index < -0.39 is 23.9 Å². The van der Waals surface area contributed by atoms with Crippen LogP contribution in [0.15, 0.2) is 18.2 Å². The number of alkyl carbamates (subject to hydrolysis) is 1. The Morgan fingerprint density at radius 1 is 1.29 bits per heavy atom. The van der Waals surface area contributed by atoms with E-state index in [1.165, 1.54) is 25.1 Å². The first-order valence-electron chi connectivity index (χ1n) is 7.64. The van der Waals surface area contributed by atoms with Crippen molar-refractivity contribution in [1.82, 2.24) is 5.32 Å². The lowest BCUT2D eigenvalue weighted by atomic mass is 10.00. The number of nitrogens with one attached hydrogen (secondary N) is 1. The predicted molar refractivity (Wildman–Crippen MR) is 91.3 cm³/mol. The highest BCUT2D eigenvalue weighted by atomic mass is 35.5. The maximum Gasteiger partial charge on any atom is 0.407 e. The van der Waals surface area contributed by atoms with Gasteiger partial charge in [-0.2, -0.15) is 0 Å². The molecule has 0 aliphatic carbocycles. The Kier molecular flexibility index (Phi) is 7.20. The summed E-state index contributed by atoms with van der Waals surface area (Å²) in [6, 6.07) is 4.50. The maximum atomic E-state index is 11.5. The molecule has 0 bridgehead atoms. The standard InChI is InChI=1S/C17H24ClNO5/c1-10(20)12-6-5-11(9-13(12)18)15(22)14(21)7-8-19-16(23)24-17(2,3)4/h5-6,9,14-15,21-22H,7-8H2,1-4H3,(H,19,23). The van der Waals surface area contributed by atoms with Gasteiger partial charge < -0.3 is 20.3 Å². The minimum Gasteiger partial charge on any atom is -0.444 e. The third-order valence-corrected chi connectivity index (χ3v) is 3.50. The van der Waals surface area contributed by atoms with Gasteiger partial charge in [-0.3, -0.25) is 4.79 Å². The van der Waals surface area contributed by atoms with Crippen molar-refractivity contribution in [2.75, 3.05) is 6.54 Å². The average Bonchev–Trinajstić information content (AvgIpc) is 2.43. The van der Waals surface area contributed by atoms with Crippen LogP contribution in [-0.4, -0.2) is 40.3 Å². The molecule has 0 heterocycles. The normalized spacial score (nSPS) is 14.0. The van der Waals surface area contributed by atoms with Crippen molar-refractivity contribution in [3.05, 3.63) is 34.3 Å². The van der Waals surface area contributed by atoms with E-state index >= 15 is 0 Å². The number of ketones is 1. The molecule has 0 radical (unpaired) electrons. The highest BCUT2D eigenvalue weighted by Crippen LogP contribution is 2.25. The van der Waals surface area contributed by atoms with Crippen LogP contribution in [0.3, 0.4) is 0 Å². The Morgan fingerprint density at radius 3 is 2.42 bits per heavy atom. The van der Waals surface area contributed by atoms with Gasteiger partial charge in [-0.15, -0.1) is 0 Å². The van der Waals surface area contributed by atoms with E-state index in [1.54, 1.807) is 20.8 Å². The SMILES string of the molecule is CC(=O)c1ccc(C(O)C(O)CCNC(=O)OC(C)(C)C)cc1Cl. The Balaban J connectivity index is 2.56.